The van der Waals surface area contributed by atoms with E-state index in [0.29, 0.717) is 0 Å². The second-order valence-electron chi connectivity index (χ2n) is 4.83. The van der Waals surface area contributed by atoms with Crippen LogP contribution < -0.4 is 0 Å². The summed E-state index contributed by atoms with van der Waals surface area (Å²) in [6, 6.07) is 0. The minimum Gasteiger partial charge on any atom is -0.147 e. The van der Waals surface area contributed by atoms with Gasteiger partial charge < -0.3 is 0 Å². The average molecular weight is 403 g/mol. The summed E-state index contributed by atoms with van der Waals surface area (Å²) in [7, 11) is 0. The van der Waals surface area contributed by atoms with Gasteiger partial charge in [0, 0.05) is 0 Å². The average Bonchev–Trinajstić information content (AvgIpc) is 3.04. The molecular weight excluding hydrogens is 378 g/mol. The molecule has 0 unspecified atom stereocenters. The number of allylic oxidation sites excluding steroid dienone is 12. The Morgan fingerprint density at radius 1 is 0.857 bits per heavy atom. The van der Waals surface area contributed by atoms with Crippen LogP contribution in [0.1, 0.15) is 39.5 Å². The van der Waals surface area contributed by atoms with Crippen molar-refractivity contribution in [1.82, 2.24) is 0 Å². The Morgan fingerprint density at radius 2 is 1.29 bits per heavy atom. The van der Waals surface area contributed by atoms with Crippen LogP contribution in [0.5, 0.6) is 0 Å². The first-order valence-electron chi connectivity index (χ1n) is 7.24. The number of hydrogen-bond acceptors (Lipinski definition) is 0. The summed E-state index contributed by atoms with van der Waals surface area (Å²) < 4.78 is 3.49. The fourth-order valence-corrected chi connectivity index (χ4v) is 5.78. The van der Waals surface area contributed by atoms with E-state index >= 15 is 0 Å². The Kier molecular flexibility index (Phi) is 11.4. The Bertz CT molecular complexity index is 459. The predicted molar refractivity (Wildman–Crippen MR) is 94.9 cm³/mol. The molecule has 0 amide bonds. The van der Waals surface area contributed by atoms with Crippen molar-refractivity contribution in [3.05, 3.63) is 66.3 Å². The van der Waals surface area contributed by atoms with Crippen LogP contribution >= 0.6 is 24.8 Å². The minimum absolute atomic E-state index is 0. The molecule has 0 bridgehead atoms. The van der Waals surface area contributed by atoms with Gasteiger partial charge in [-0.25, -0.2) is 0 Å². The van der Waals surface area contributed by atoms with Gasteiger partial charge in [-0.05, 0) is 0 Å². The standard InChI is InChI=1S/2C9H11.2ClH.Zr/c2*1-2-3-6-9-7-4-5-8-9;;;/h2*3-4,6-7H,2,5H2,1H3;2*1H;. The van der Waals surface area contributed by atoms with Crippen LogP contribution in [-0.4, -0.2) is 0 Å². The first-order chi connectivity index (χ1) is 9.35. The molecule has 3 heteroatoms. The molecule has 114 valence electrons. The van der Waals surface area contributed by atoms with Crippen LogP contribution in [0.25, 0.3) is 0 Å². The second-order valence-corrected chi connectivity index (χ2v) is 8.41. The van der Waals surface area contributed by atoms with Gasteiger partial charge in [0.15, 0.2) is 0 Å². The van der Waals surface area contributed by atoms with Crippen molar-refractivity contribution in [2.24, 2.45) is 0 Å². The first-order valence-corrected chi connectivity index (χ1v) is 9.70. The molecule has 0 saturated carbocycles. The third-order valence-corrected chi connectivity index (χ3v) is 7.21. The molecule has 0 fully saturated rings. The molecule has 0 nitrogen and oxygen atoms in total. The zero-order chi connectivity index (χ0) is 13.5. The molecule has 0 N–H and O–H groups in total. The zero-order valence-corrected chi connectivity index (χ0v) is 16.9. The number of hydrogen-bond donors (Lipinski definition) is 0. The van der Waals surface area contributed by atoms with Crippen LogP contribution in [0, 0.1) is 0 Å². The third-order valence-electron chi connectivity index (χ3n) is 3.30. The third kappa shape index (κ3) is 6.27. The van der Waals surface area contributed by atoms with E-state index in [1.807, 2.05) is 0 Å². The Morgan fingerprint density at radius 3 is 1.67 bits per heavy atom. The van der Waals surface area contributed by atoms with Crippen molar-refractivity contribution >= 4 is 24.8 Å². The molecule has 0 atom stereocenters. The van der Waals surface area contributed by atoms with E-state index in [0.717, 1.165) is 12.8 Å². The molecule has 0 saturated heterocycles. The van der Waals surface area contributed by atoms with Gasteiger partial charge in [0.2, 0.25) is 0 Å². The van der Waals surface area contributed by atoms with Gasteiger partial charge in [0.1, 0.15) is 0 Å². The van der Waals surface area contributed by atoms with E-state index < -0.39 is 23.2 Å². The predicted octanol–water partition coefficient (Wildman–Crippen LogP) is 6.27. The van der Waals surface area contributed by atoms with E-state index in [1.165, 1.54) is 24.0 Å². The molecule has 0 radical (unpaired) electrons. The summed E-state index contributed by atoms with van der Waals surface area (Å²) in [5.74, 6) is 0. The van der Waals surface area contributed by atoms with Crippen molar-refractivity contribution in [2.75, 3.05) is 0 Å². The maximum atomic E-state index is 2.33. The van der Waals surface area contributed by atoms with Crippen molar-refractivity contribution in [3.63, 3.8) is 0 Å². The fourth-order valence-electron chi connectivity index (χ4n) is 2.27. The molecule has 0 spiro atoms. The van der Waals surface area contributed by atoms with Crippen LogP contribution in [0.4, 0.5) is 0 Å². The van der Waals surface area contributed by atoms with Crippen molar-refractivity contribution in [1.29, 1.82) is 0 Å². The minimum atomic E-state index is -0.565. The van der Waals surface area contributed by atoms with Crippen LogP contribution in [0.15, 0.2) is 66.3 Å². The summed E-state index contributed by atoms with van der Waals surface area (Å²) in [5.41, 5.74) is 3.01. The van der Waals surface area contributed by atoms with Crippen molar-refractivity contribution < 1.29 is 23.2 Å². The first kappa shape index (κ1) is 20.9. The van der Waals surface area contributed by atoms with Gasteiger partial charge in [0.25, 0.3) is 0 Å². The van der Waals surface area contributed by atoms with Crippen LogP contribution in [-0.2, 0) is 23.2 Å². The molecule has 2 aliphatic rings. The van der Waals surface area contributed by atoms with Crippen molar-refractivity contribution in [2.45, 2.75) is 39.5 Å². The maximum Gasteiger partial charge on any atom is -0.147 e. The molecule has 0 aromatic carbocycles. The summed E-state index contributed by atoms with van der Waals surface area (Å²) in [6.07, 6.45) is 23.1. The van der Waals surface area contributed by atoms with Gasteiger partial charge in [-0.2, -0.15) is 0 Å². The van der Waals surface area contributed by atoms with Crippen LogP contribution in [0.3, 0.4) is 0 Å². The normalized spacial score (nSPS) is 17.0. The molecule has 0 aromatic rings. The van der Waals surface area contributed by atoms with E-state index in [2.05, 4.69) is 62.5 Å². The SMILES string of the molecule is CCC=CC1=[C]([Zr][C]2=C(C=CCC)C=CC2)CC=C1.Cl.Cl. The van der Waals surface area contributed by atoms with Crippen molar-refractivity contribution in [3.8, 4) is 0 Å². The molecular formula is C18H24Cl2Zr. The maximum absolute atomic E-state index is 2.33. The number of rotatable bonds is 6. The molecule has 0 heterocycles. The van der Waals surface area contributed by atoms with E-state index in [9.17, 15) is 0 Å². The smallest absolute Gasteiger partial charge is 0.147 e. The quantitative estimate of drug-likeness (QED) is 0.491. The van der Waals surface area contributed by atoms with E-state index in [4.69, 9.17) is 0 Å². The Hall–Kier alpha value is -0.0969. The molecule has 2 rings (SSSR count). The van der Waals surface area contributed by atoms with Gasteiger partial charge in [0.05, 0.1) is 0 Å². The second kappa shape index (κ2) is 11.5. The molecule has 21 heavy (non-hydrogen) atoms. The summed E-state index contributed by atoms with van der Waals surface area (Å²) in [6.45, 7) is 4.40. The summed E-state index contributed by atoms with van der Waals surface area (Å²) in [4.78, 5) is 0. The van der Waals surface area contributed by atoms with Gasteiger partial charge in [-0.1, -0.05) is 0 Å². The topological polar surface area (TPSA) is 0 Å². The molecule has 0 aliphatic heterocycles. The fraction of sp³-hybridized carbons (Fsp3) is 0.333. The Balaban J connectivity index is 0.00000200. The van der Waals surface area contributed by atoms with Crippen LogP contribution in [0.2, 0.25) is 0 Å². The number of halogens is 2. The Labute approximate surface area is 153 Å². The molecule has 2 aliphatic carbocycles. The molecule has 0 aromatic heterocycles. The summed E-state index contributed by atoms with van der Waals surface area (Å²) >= 11 is -0.565. The monoisotopic (exact) mass is 400 g/mol. The van der Waals surface area contributed by atoms with E-state index in [-0.39, 0.29) is 24.8 Å². The van der Waals surface area contributed by atoms with Gasteiger partial charge >= 0.3 is 129 Å². The van der Waals surface area contributed by atoms with E-state index in [1.54, 1.807) is 6.56 Å². The van der Waals surface area contributed by atoms with Gasteiger partial charge in [-0.3, -0.25) is 0 Å². The van der Waals surface area contributed by atoms with Gasteiger partial charge in [-0.15, -0.1) is 24.8 Å². The summed E-state index contributed by atoms with van der Waals surface area (Å²) in [5, 5.41) is 0. The largest absolute Gasteiger partial charge is 0.147 e. The zero-order valence-electron chi connectivity index (χ0n) is 12.8.